The molecule has 0 radical (unpaired) electrons. The molecule has 142 valence electrons. The summed E-state index contributed by atoms with van der Waals surface area (Å²) in [6.07, 6.45) is -3.74. The Bertz CT molecular complexity index is 539. The summed E-state index contributed by atoms with van der Waals surface area (Å²) in [4.78, 5) is 13.8. The molecule has 0 saturated carbocycles. The highest BCUT2D eigenvalue weighted by molar-refractivity contribution is 6.76. The Hall–Kier alpha value is -1.00. The van der Waals surface area contributed by atoms with Crippen molar-refractivity contribution in [2.75, 3.05) is 20.8 Å². The van der Waals surface area contributed by atoms with Crippen LogP contribution in [0.5, 0.6) is 0 Å². The maximum Gasteiger partial charge on any atom is 0.302 e. The first-order valence-corrected chi connectivity index (χ1v) is 8.00. The van der Waals surface area contributed by atoms with Crippen LogP contribution in [-0.2, 0) is 28.5 Å². The molecule has 2 unspecified atom stereocenters. The highest BCUT2D eigenvalue weighted by atomic mass is 35.6. The molecule has 25 heavy (non-hydrogen) atoms. The van der Waals surface area contributed by atoms with Crippen LogP contribution in [0, 0.1) is 5.41 Å². The first-order valence-electron chi connectivity index (χ1n) is 6.86. The Morgan fingerprint density at radius 3 is 2.36 bits per heavy atom. The number of nitrogens with zero attached hydrogens (tertiary/aromatic N) is 3. The molecule has 5 atom stereocenters. The van der Waals surface area contributed by atoms with Crippen molar-refractivity contribution in [1.29, 1.82) is 5.41 Å². The van der Waals surface area contributed by atoms with E-state index in [2.05, 4.69) is 10.0 Å². The van der Waals surface area contributed by atoms with E-state index in [1.165, 1.54) is 21.1 Å². The van der Waals surface area contributed by atoms with Crippen molar-refractivity contribution in [2.24, 2.45) is 5.11 Å². The Balaban J connectivity index is 3.10. The van der Waals surface area contributed by atoms with E-state index in [4.69, 9.17) is 69.4 Å². The van der Waals surface area contributed by atoms with E-state index in [9.17, 15) is 4.79 Å². The second-order valence-corrected chi connectivity index (χ2v) is 7.17. The van der Waals surface area contributed by atoms with Gasteiger partial charge in [0.2, 0.25) is 12.2 Å². The van der Waals surface area contributed by atoms with Crippen molar-refractivity contribution in [2.45, 2.75) is 41.4 Å². The van der Waals surface area contributed by atoms with Gasteiger partial charge < -0.3 is 23.7 Å². The number of hydrogen-bond donors (Lipinski definition) is 1. The number of ether oxygens (including phenoxy) is 5. The lowest BCUT2D eigenvalue weighted by Crippen LogP contribution is -2.60. The van der Waals surface area contributed by atoms with Crippen LogP contribution < -0.4 is 0 Å². The molecule has 0 amide bonds. The third kappa shape index (κ3) is 6.03. The molecule has 13 heteroatoms. The minimum absolute atomic E-state index is 0.183. The van der Waals surface area contributed by atoms with Crippen LogP contribution in [0.25, 0.3) is 10.4 Å². The fraction of sp³-hybridized carbons (Fsp3) is 0.833. The van der Waals surface area contributed by atoms with Crippen molar-refractivity contribution >= 4 is 46.7 Å². The molecular formula is C12H17Cl3N4O6. The van der Waals surface area contributed by atoms with Crippen molar-refractivity contribution in [3.8, 4) is 0 Å². The molecule has 1 rings (SSSR count). The van der Waals surface area contributed by atoms with Crippen LogP contribution in [0.3, 0.4) is 0 Å². The van der Waals surface area contributed by atoms with E-state index in [1.54, 1.807) is 0 Å². The quantitative estimate of drug-likeness (QED) is 0.133. The summed E-state index contributed by atoms with van der Waals surface area (Å²) < 4.78 is 24.3. The molecule has 0 aromatic carbocycles. The highest BCUT2D eigenvalue weighted by Gasteiger charge is 2.49. The maximum absolute atomic E-state index is 11.1. The fourth-order valence-electron chi connectivity index (χ4n) is 2.24. The second kappa shape index (κ2) is 9.63. The summed E-state index contributed by atoms with van der Waals surface area (Å²) >= 11 is 16.8. The molecule has 1 heterocycles. The standard InChI is InChI=1S/C12H17Cl3N4O6/c1-5(20)23-4-6-8(21-2)9(22-3)7(18-19-17)10(24-6)25-11(16)12(13,14)15/h6-10,16H,4H2,1-3H3/t6?,7?,8-,9-,10-/m0/s1. The number of rotatable bonds is 6. The monoisotopic (exact) mass is 418 g/mol. The van der Waals surface area contributed by atoms with Gasteiger partial charge in [-0.05, 0) is 5.53 Å². The van der Waals surface area contributed by atoms with Gasteiger partial charge in [0.25, 0.3) is 3.79 Å². The zero-order valence-electron chi connectivity index (χ0n) is 13.5. The molecule has 1 fully saturated rings. The average molecular weight is 420 g/mol. The lowest BCUT2D eigenvalue weighted by molar-refractivity contribution is -0.255. The van der Waals surface area contributed by atoms with Gasteiger partial charge in [-0.1, -0.05) is 39.9 Å². The molecule has 10 nitrogen and oxygen atoms in total. The largest absolute Gasteiger partial charge is 0.463 e. The Labute approximate surface area is 158 Å². The van der Waals surface area contributed by atoms with Crippen LogP contribution in [0.2, 0.25) is 0 Å². The van der Waals surface area contributed by atoms with Crippen molar-refractivity contribution < 1.29 is 28.5 Å². The number of nitrogens with one attached hydrogen (secondary N) is 1. The Kier molecular flexibility index (Phi) is 8.49. The van der Waals surface area contributed by atoms with Gasteiger partial charge in [-0.2, -0.15) is 0 Å². The average Bonchev–Trinajstić information content (AvgIpc) is 2.53. The Morgan fingerprint density at radius 2 is 1.92 bits per heavy atom. The molecular weight excluding hydrogens is 403 g/mol. The molecule has 1 aliphatic heterocycles. The molecule has 1 saturated heterocycles. The van der Waals surface area contributed by atoms with Gasteiger partial charge in [-0.3, -0.25) is 10.2 Å². The third-order valence-electron chi connectivity index (χ3n) is 3.29. The number of halogens is 3. The summed E-state index contributed by atoms with van der Waals surface area (Å²) in [7, 11) is 2.75. The van der Waals surface area contributed by atoms with E-state index in [1.807, 2.05) is 0 Å². The van der Waals surface area contributed by atoms with Gasteiger partial charge in [0.15, 0.2) is 0 Å². The normalized spacial score (nSPS) is 29.4. The zero-order valence-corrected chi connectivity index (χ0v) is 15.8. The van der Waals surface area contributed by atoms with E-state index < -0.39 is 46.3 Å². The van der Waals surface area contributed by atoms with Gasteiger partial charge in [-0.15, -0.1) is 0 Å². The maximum atomic E-state index is 11.1. The number of alkyl halides is 3. The summed E-state index contributed by atoms with van der Waals surface area (Å²) in [5.41, 5.74) is 8.79. The van der Waals surface area contributed by atoms with Gasteiger partial charge in [0.1, 0.15) is 31.0 Å². The predicted octanol–water partition coefficient (Wildman–Crippen LogP) is 2.35. The van der Waals surface area contributed by atoms with Crippen molar-refractivity contribution in [3.63, 3.8) is 0 Å². The molecule has 1 aliphatic rings. The number of carbonyl (C=O) groups is 1. The second-order valence-electron chi connectivity index (χ2n) is 4.89. The van der Waals surface area contributed by atoms with E-state index in [0.29, 0.717) is 0 Å². The number of methoxy groups -OCH3 is 2. The zero-order chi connectivity index (χ0) is 19.2. The van der Waals surface area contributed by atoms with Gasteiger partial charge in [0, 0.05) is 26.1 Å². The van der Waals surface area contributed by atoms with Crippen molar-refractivity contribution in [1.82, 2.24) is 0 Å². The number of hydrogen-bond acceptors (Lipinski definition) is 8. The molecule has 0 aromatic rings. The fourth-order valence-corrected chi connectivity index (χ4v) is 2.38. The summed E-state index contributed by atoms with van der Waals surface area (Å²) in [6.45, 7) is 1.05. The lowest BCUT2D eigenvalue weighted by atomic mass is 9.97. The van der Waals surface area contributed by atoms with Crippen LogP contribution >= 0.6 is 34.8 Å². The van der Waals surface area contributed by atoms with E-state index in [0.717, 1.165) is 0 Å². The molecule has 0 aliphatic carbocycles. The molecule has 0 aromatic heterocycles. The molecule has 1 N–H and O–H groups in total. The third-order valence-corrected chi connectivity index (χ3v) is 3.80. The smallest absolute Gasteiger partial charge is 0.302 e. The van der Waals surface area contributed by atoms with Gasteiger partial charge >= 0.3 is 5.97 Å². The first-order chi connectivity index (χ1) is 11.6. The van der Waals surface area contributed by atoms with E-state index in [-0.39, 0.29) is 6.61 Å². The molecule has 0 spiro atoms. The van der Waals surface area contributed by atoms with Crippen molar-refractivity contribution in [3.05, 3.63) is 10.4 Å². The molecule has 0 bridgehead atoms. The summed E-state index contributed by atoms with van der Waals surface area (Å²) in [5, 5.41) is 11.2. The van der Waals surface area contributed by atoms with Gasteiger partial charge in [0.05, 0.1) is 0 Å². The SMILES string of the molecule is CO[C@H]1C(COC(C)=O)O[C@@H](OC(=N)C(Cl)(Cl)Cl)C(N=[N+]=[N-])[C@@H]1OC. The number of esters is 1. The highest BCUT2D eigenvalue weighted by Crippen LogP contribution is 2.33. The Morgan fingerprint density at radius 1 is 1.32 bits per heavy atom. The number of carbonyl (C=O) groups excluding carboxylic acids is 1. The summed E-state index contributed by atoms with van der Waals surface area (Å²) in [6, 6.07) is -1.05. The van der Waals surface area contributed by atoms with Crippen LogP contribution in [0.4, 0.5) is 0 Å². The minimum atomic E-state index is -2.14. The van der Waals surface area contributed by atoms with Crippen LogP contribution in [0.15, 0.2) is 5.11 Å². The predicted molar refractivity (Wildman–Crippen MR) is 88.9 cm³/mol. The number of azide groups is 1. The van der Waals surface area contributed by atoms with Crippen LogP contribution in [-0.4, -0.2) is 67.1 Å². The lowest BCUT2D eigenvalue weighted by Gasteiger charge is -2.43. The van der Waals surface area contributed by atoms with Gasteiger partial charge in [-0.25, -0.2) is 0 Å². The van der Waals surface area contributed by atoms with Crippen LogP contribution in [0.1, 0.15) is 6.92 Å². The summed E-state index contributed by atoms with van der Waals surface area (Å²) in [5.74, 6) is -1.27. The topological polar surface area (TPSA) is 136 Å². The first kappa shape index (κ1) is 22.0. The minimum Gasteiger partial charge on any atom is -0.463 e. The van der Waals surface area contributed by atoms with E-state index >= 15 is 0 Å².